The Bertz CT molecular complexity index is 481. The third-order valence-corrected chi connectivity index (χ3v) is 5.20. The highest BCUT2D eigenvalue weighted by Crippen LogP contribution is 2.29. The average molecular weight is 317 g/mol. The van der Waals surface area contributed by atoms with Crippen molar-refractivity contribution in [2.45, 2.75) is 43.7 Å². The highest BCUT2D eigenvalue weighted by Gasteiger charge is 2.38. The molecule has 2 atom stereocenters. The normalized spacial score (nSPS) is 25.2. The summed E-state index contributed by atoms with van der Waals surface area (Å²) in [6.45, 7) is 5.36. The molecule has 1 aliphatic heterocycles. The molecule has 0 amide bonds. The molecule has 4 nitrogen and oxygen atoms in total. The van der Waals surface area contributed by atoms with Gasteiger partial charge in [0.1, 0.15) is 16.0 Å². The Morgan fingerprint density at radius 3 is 2.90 bits per heavy atom. The van der Waals surface area contributed by atoms with Crippen molar-refractivity contribution in [2.24, 2.45) is 5.92 Å². The number of nitrogens with zero attached hydrogens (tertiary/aromatic N) is 2. The molecule has 2 rings (SSSR count). The maximum Gasteiger partial charge on any atom is 0.146 e. The second-order valence-electron chi connectivity index (χ2n) is 5.83. The number of hydrogen-bond donors (Lipinski definition) is 1. The molecule has 1 aromatic rings. The molecule has 0 aliphatic carbocycles. The molecule has 0 saturated carbocycles. The van der Waals surface area contributed by atoms with Crippen LogP contribution in [0.4, 0.5) is 0 Å². The molecule has 1 fully saturated rings. The monoisotopic (exact) mass is 316 g/mol. The molecule has 0 aromatic carbocycles. The van der Waals surface area contributed by atoms with Crippen molar-refractivity contribution in [1.29, 1.82) is 0 Å². The minimum absolute atomic E-state index is 0.441. The molecule has 1 aliphatic rings. The Morgan fingerprint density at radius 1 is 1.55 bits per heavy atom. The van der Waals surface area contributed by atoms with Crippen LogP contribution >= 0.6 is 11.6 Å². The number of β-amino-alcohol motifs (C(OH)–C–C–N with tert-alkyl or cyclic N) is 1. The van der Waals surface area contributed by atoms with Crippen molar-refractivity contribution in [3.05, 3.63) is 23.4 Å². The molecule has 1 saturated heterocycles. The highest BCUT2D eigenvalue weighted by molar-refractivity contribution is 7.82. The number of halogens is 1. The van der Waals surface area contributed by atoms with Gasteiger partial charge in [-0.2, -0.15) is 0 Å². The molecule has 0 spiro atoms. The summed E-state index contributed by atoms with van der Waals surface area (Å²) in [6.07, 6.45) is 3.90. The van der Waals surface area contributed by atoms with E-state index in [0.717, 1.165) is 12.8 Å². The van der Waals surface area contributed by atoms with Crippen molar-refractivity contribution in [1.82, 2.24) is 9.29 Å². The number of hydrogen-bond acceptors (Lipinski definition) is 3. The Balaban J connectivity index is 1.98. The molecule has 2 unspecified atom stereocenters. The van der Waals surface area contributed by atoms with E-state index in [1.54, 1.807) is 16.4 Å². The number of aromatic nitrogens is 1. The highest BCUT2D eigenvalue weighted by atomic mass is 35.5. The average Bonchev–Trinajstić information content (AvgIpc) is 2.80. The van der Waals surface area contributed by atoms with E-state index in [0.29, 0.717) is 35.5 Å². The van der Waals surface area contributed by atoms with Gasteiger partial charge < -0.3 is 5.11 Å². The molecule has 2 heterocycles. The van der Waals surface area contributed by atoms with Gasteiger partial charge in [0.2, 0.25) is 0 Å². The Labute approximate surface area is 127 Å². The number of rotatable bonds is 5. The fraction of sp³-hybridized carbons (Fsp3) is 0.643. The molecular formula is C14H21ClN2O2S. The Hall–Kier alpha value is -0.490. The molecular weight excluding hydrogens is 296 g/mol. The van der Waals surface area contributed by atoms with Crippen molar-refractivity contribution < 1.29 is 9.32 Å². The van der Waals surface area contributed by atoms with Crippen LogP contribution in [0.5, 0.6) is 0 Å². The van der Waals surface area contributed by atoms with Crippen LogP contribution in [0.25, 0.3) is 0 Å². The van der Waals surface area contributed by atoms with Crippen LogP contribution in [-0.4, -0.2) is 37.3 Å². The lowest BCUT2D eigenvalue weighted by molar-refractivity contribution is 0.0419. The van der Waals surface area contributed by atoms with Crippen molar-refractivity contribution in [3.8, 4) is 0 Å². The van der Waals surface area contributed by atoms with Crippen LogP contribution in [0, 0.1) is 5.92 Å². The third kappa shape index (κ3) is 4.01. The number of pyridine rings is 1. The quantitative estimate of drug-likeness (QED) is 0.908. The second-order valence-corrected chi connectivity index (χ2v) is 7.70. The number of aliphatic hydroxyl groups is 1. The predicted octanol–water partition coefficient (Wildman–Crippen LogP) is 2.63. The van der Waals surface area contributed by atoms with Crippen LogP contribution in [-0.2, 0) is 11.0 Å². The first-order chi connectivity index (χ1) is 9.39. The predicted molar refractivity (Wildman–Crippen MR) is 80.9 cm³/mol. The first-order valence-electron chi connectivity index (χ1n) is 6.90. The molecule has 1 aromatic heterocycles. The zero-order valence-electron chi connectivity index (χ0n) is 11.9. The Morgan fingerprint density at radius 2 is 2.30 bits per heavy atom. The standard InChI is InChI=1S/C14H21ClN2O2S/c1-11(2)5-6-14(18)7-8-17(10-14)20(19)13-4-3-12(15)9-16-13/h3-4,9,11,18H,5-8,10H2,1-2H3. The molecule has 112 valence electrons. The van der Waals surface area contributed by atoms with E-state index in [2.05, 4.69) is 18.8 Å². The lowest BCUT2D eigenvalue weighted by atomic mass is 9.93. The summed E-state index contributed by atoms with van der Waals surface area (Å²) >= 11 is 5.78. The lowest BCUT2D eigenvalue weighted by Crippen LogP contribution is -2.34. The molecule has 6 heteroatoms. The van der Waals surface area contributed by atoms with E-state index >= 15 is 0 Å². The van der Waals surface area contributed by atoms with Gasteiger partial charge in [0, 0.05) is 19.3 Å². The van der Waals surface area contributed by atoms with Crippen molar-refractivity contribution in [2.75, 3.05) is 13.1 Å². The van der Waals surface area contributed by atoms with Crippen LogP contribution in [0.2, 0.25) is 5.02 Å². The van der Waals surface area contributed by atoms with Crippen molar-refractivity contribution in [3.63, 3.8) is 0 Å². The van der Waals surface area contributed by atoms with Crippen LogP contribution < -0.4 is 0 Å². The van der Waals surface area contributed by atoms with Gasteiger partial charge in [-0.15, -0.1) is 0 Å². The van der Waals surface area contributed by atoms with Gasteiger partial charge >= 0.3 is 0 Å². The molecule has 1 N–H and O–H groups in total. The first-order valence-corrected chi connectivity index (χ1v) is 8.39. The SMILES string of the molecule is CC(C)CCC1(O)CCN(S(=O)c2ccc(Cl)cn2)C1. The van der Waals surface area contributed by atoms with Crippen LogP contribution in [0.3, 0.4) is 0 Å². The maximum absolute atomic E-state index is 12.4. The summed E-state index contributed by atoms with van der Waals surface area (Å²) in [6, 6.07) is 3.35. The summed E-state index contributed by atoms with van der Waals surface area (Å²) in [5, 5.41) is 11.5. The lowest BCUT2D eigenvalue weighted by Gasteiger charge is -2.23. The molecule has 20 heavy (non-hydrogen) atoms. The largest absolute Gasteiger partial charge is 0.388 e. The van der Waals surface area contributed by atoms with Crippen LogP contribution in [0.1, 0.15) is 33.1 Å². The van der Waals surface area contributed by atoms with Gasteiger partial charge in [-0.1, -0.05) is 25.4 Å². The summed E-state index contributed by atoms with van der Waals surface area (Å²) in [4.78, 5) is 4.09. The third-order valence-electron chi connectivity index (χ3n) is 3.60. The molecule has 0 bridgehead atoms. The summed E-state index contributed by atoms with van der Waals surface area (Å²) in [5.41, 5.74) is -0.716. The van der Waals surface area contributed by atoms with Gasteiger partial charge in [-0.25, -0.2) is 13.5 Å². The van der Waals surface area contributed by atoms with E-state index in [1.165, 1.54) is 6.20 Å². The fourth-order valence-corrected chi connectivity index (χ4v) is 3.64. The van der Waals surface area contributed by atoms with Gasteiger partial charge in [0.25, 0.3) is 0 Å². The molecule has 0 radical (unpaired) electrons. The zero-order chi connectivity index (χ0) is 14.8. The smallest absolute Gasteiger partial charge is 0.146 e. The van der Waals surface area contributed by atoms with Gasteiger partial charge in [0.05, 0.1) is 10.6 Å². The van der Waals surface area contributed by atoms with Gasteiger partial charge in [0.15, 0.2) is 0 Å². The summed E-state index contributed by atoms with van der Waals surface area (Å²) in [5.74, 6) is 0.566. The van der Waals surface area contributed by atoms with E-state index in [4.69, 9.17) is 11.6 Å². The van der Waals surface area contributed by atoms with E-state index in [-0.39, 0.29) is 0 Å². The first kappa shape index (κ1) is 15.9. The summed E-state index contributed by atoms with van der Waals surface area (Å²) in [7, 11) is -1.32. The van der Waals surface area contributed by atoms with Crippen molar-refractivity contribution >= 4 is 22.6 Å². The fourth-order valence-electron chi connectivity index (χ4n) is 2.32. The van der Waals surface area contributed by atoms with E-state index in [9.17, 15) is 9.32 Å². The zero-order valence-corrected chi connectivity index (χ0v) is 13.5. The minimum Gasteiger partial charge on any atom is -0.388 e. The minimum atomic E-state index is -1.32. The summed E-state index contributed by atoms with van der Waals surface area (Å²) < 4.78 is 14.2. The van der Waals surface area contributed by atoms with E-state index in [1.807, 2.05) is 0 Å². The van der Waals surface area contributed by atoms with Crippen LogP contribution in [0.15, 0.2) is 23.4 Å². The van der Waals surface area contributed by atoms with Gasteiger partial charge in [-0.05, 0) is 37.3 Å². The second kappa shape index (κ2) is 6.52. The topological polar surface area (TPSA) is 53.4 Å². The Kier molecular flexibility index (Phi) is 5.18. The van der Waals surface area contributed by atoms with Gasteiger partial charge in [-0.3, -0.25) is 0 Å². The maximum atomic E-state index is 12.4. The van der Waals surface area contributed by atoms with E-state index < -0.39 is 16.6 Å².